The van der Waals surface area contributed by atoms with Crippen molar-refractivity contribution in [2.24, 2.45) is 0 Å². The molecular weight excluding hydrogens is 242 g/mol. The number of H-pyrrole nitrogens is 1. The molecule has 2 heterocycles. The Balaban J connectivity index is 2.15. The predicted octanol–water partition coefficient (Wildman–Crippen LogP) is 3.15. The van der Waals surface area contributed by atoms with Gasteiger partial charge in [0.2, 0.25) is 0 Å². The van der Waals surface area contributed by atoms with E-state index in [0.717, 1.165) is 33.6 Å². The average molecular weight is 255 g/mol. The van der Waals surface area contributed by atoms with Crippen molar-refractivity contribution in [3.63, 3.8) is 0 Å². The highest BCUT2D eigenvalue weighted by molar-refractivity contribution is 7.80. The van der Waals surface area contributed by atoms with Gasteiger partial charge in [0.25, 0.3) is 0 Å². The van der Waals surface area contributed by atoms with Crippen LogP contribution in [0, 0.1) is 6.92 Å². The van der Waals surface area contributed by atoms with Crippen LogP contribution in [-0.2, 0) is 6.42 Å². The second-order valence-electron chi connectivity index (χ2n) is 4.28. The Morgan fingerprint density at radius 3 is 2.89 bits per heavy atom. The second-order valence-corrected chi connectivity index (χ2v) is 4.77. The third kappa shape index (κ3) is 1.88. The molecule has 0 aliphatic carbocycles. The Morgan fingerprint density at radius 1 is 1.22 bits per heavy atom. The van der Waals surface area contributed by atoms with Crippen LogP contribution in [0.4, 0.5) is 0 Å². The summed E-state index contributed by atoms with van der Waals surface area (Å²) in [4.78, 5) is 12.8. The third-order valence-corrected chi connectivity index (χ3v) is 3.50. The molecule has 0 aliphatic rings. The van der Waals surface area contributed by atoms with Crippen LogP contribution < -0.4 is 0 Å². The summed E-state index contributed by atoms with van der Waals surface area (Å²) in [6.45, 7) is 2.01. The van der Waals surface area contributed by atoms with Gasteiger partial charge in [-0.05, 0) is 24.6 Å². The molecule has 3 rings (SSSR count). The minimum Gasteiger partial charge on any atom is -0.348 e. The molecule has 0 spiro atoms. The first-order chi connectivity index (χ1) is 8.75. The highest BCUT2D eigenvalue weighted by Gasteiger charge is 2.08. The molecule has 0 fully saturated rings. The quantitative estimate of drug-likeness (QED) is 0.691. The normalized spacial score (nSPS) is 11.0. The van der Waals surface area contributed by atoms with Crippen LogP contribution in [0.25, 0.3) is 10.9 Å². The van der Waals surface area contributed by atoms with Crippen molar-refractivity contribution in [1.29, 1.82) is 0 Å². The number of nitrogens with zero attached hydrogens (tertiary/aromatic N) is 2. The zero-order chi connectivity index (χ0) is 12.5. The predicted molar refractivity (Wildman–Crippen MR) is 75.1 cm³/mol. The second kappa shape index (κ2) is 4.46. The van der Waals surface area contributed by atoms with Crippen LogP contribution in [-0.4, -0.2) is 15.0 Å². The number of thiol groups is 1. The summed E-state index contributed by atoms with van der Waals surface area (Å²) in [5.41, 5.74) is 4.38. The number of rotatable bonds is 2. The molecule has 3 aromatic rings. The number of hydrogen-bond acceptors (Lipinski definition) is 3. The lowest BCUT2D eigenvalue weighted by molar-refractivity contribution is 1.08. The zero-order valence-electron chi connectivity index (χ0n) is 10.0. The maximum atomic E-state index is 4.53. The summed E-state index contributed by atoms with van der Waals surface area (Å²) in [7, 11) is 0. The number of imidazole rings is 1. The lowest BCUT2D eigenvalue weighted by Crippen LogP contribution is -1.94. The van der Waals surface area contributed by atoms with Gasteiger partial charge in [-0.2, -0.15) is 0 Å². The fourth-order valence-electron chi connectivity index (χ4n) is 2.17. The van der Waals surface area contributed by atoms with Gasteiger partial charge in [0.05, 0.1) is 17.5 Å². The van der Waals surface area contributed by atoms with Gasteiger partial charge in [0.15, 0.2) is 0 Å². The van der Waals surface area contributed by atoms with Gasteiger partial charge < -0.3 is 4.98 Å². The smallest absolute Gasteiger partial charge is 0.0925 e. The van der Waals surface area contributed by atoms with Crippen LogP contribution in [0.5, 0.6) is 0 Å². The standard InChI is InChI=1S/C14H13N3S/c1-9-12(17-8-16-9)7-10-3-2-4-11-14(10)13(18)5-6-15-11/h2-6,8H,7H2,1H3,(H,15,18)(H,16,17). The van der Waals surface area contributed by atoms with E-state index in [1.165, 1.54) is 5.56 Å². The van der Waals surface area contributed by atoms with E-state index in [1.807, 2.05) is 25.1 Å². The molecule has 1 N–H and O–H groups in total. The first-order valence-corrected chi connectivity index (χ1v) is 6.25. The van der Waals surface area contributed by atoms with E-state index in [4.69, 9.17) is 0 Å². The fraction of sp³-hybridized carbons (Fsp3) is 0.143. The number of pyridine rings is 1. The molecular formula is C14H13N3S. The molecule has 0 radical (unpaired) electrons. The highest BCUT2D eigenvalue weighted by Crippen LogP contribution is 2.25. The molecule has 0 bridgehead atoms. The SMILES string of the molecule is Cc1nc[nH]c1Cc1cccc2nccc(S)c12. The van der Waals surface area contributed by atoms with Crippen LogP contribution in [0.1, 0.15) is 17.0 Å². The van der Waals surface area contributed by atoms with E-state index in [9.17, 15) is 0 Å². The summed E-state index contributed by atoms with van der Waals surface area (Å²) in [6.07, 6.45) is 4.34. The molecule has 0 aliphatic heterocycles. The van der Waals surface area contributed by atoms with Crippen molar-refractivity contribution in [1.82, 2.24) is 15.0 Å². The third-order valence-electron chi connectivity index (χ3n) is 3.13. The van der Waals surface area contributed by atoms with E-state index in [0.29, 0.717) is 0 Å². The van der Waals surface area contributed by atoms with Crippen LogP contribution in [0.3, 0.4) is 0 Å². The number of nitrogens with one attached hydrogen (secondary N) is 1. The Morgan fingerprint density at radius 2 is 2.11 bits per heavy atom. The van der Waals surface area contributed by atoms with Crippen molar-refractivity contribution in [3.8, 4) is 0 Å². The van der Waals surface area contributed by atoms with Gasteiger partial charge in [0.1, 0.15) is 0 Å². The maximum Gasteiger partial charge on any atom is 0.0925 e. The van der Waals surface area contributed by atoms with E-state index in [-0.39, 0.29) is 0 Å². The Hall–Kier alpha value is -1.81. The van der Waals surface area contributed by atoms with E-state index < -0.39 is 0 Å². The van der Waals surface area contributed by atoms with Crippen molar-refractivity contribution >= 4 is 23.5 Å². The molecule has 3 nitrogen and oxygen atoms in total. The van der Waals surface area contributed by atoms with E-state index >= 15 is 0 Å². The van der Waals surface area contributed by atoms with Crippen molar-refractivity contribution in [2.45, 2.75) is 18.2 Å². The van der Waals surface area contributed by atoms with Crippen molar-refractivity contribution < 1.29 is 0 Å². The van der Waals surface area contributed by atoms with Crippen LogP contribution in [0.2, 0.25) is 0 Å². The molecule has 90 valence electrons. The van der Waals surface area contributed by atoms with Crippen molar-refractivity contribution in [2.75, 3.05) is 0 Å². The van der Waals surface area contributed by atoms with Gasteiger partial charge >= 0.3 is 0 Å². The maximum absolute atomic E-state index is 4.53. The van der Waals surface area contributed by atoms with Gasteiger partial charge in [0, 0.05) is 28.6 Å². The number of hydrogen-bond donors (Lipinski definition) is 2. The number of aromatic amines is 1. The largest absolute Gasteiger partial charge is 0.348 e. The van der Waals surface area contributed by atoms with Crippen LogP contribution in [0.15, 0.2) is 41.7 Å². The molecule has 0 atom stereocenters. The highest BCUT2D eigenvalue weighted by atomic mass is 32.1. The summed E-state index contributed by atoms with van der Waals surface area (Å²) in [6, 6.07) is 8.08. The lowest BCUT2D eigenvalue weighted by Gasteiger charge is -2.07. The Kier molecular flexibility index (Phi) is 2.80. The molecule has 1 aromatic carbocycles. The molecule has 18 heavy (non-hydrogen) atoms. The average Bonchev–Trinajstić information content (AvgIpc) is 2.76. The van der Waals surface area contributed by atoms with Crippen LogP contribution >= 0.6 is 12.6 Å². The Labute approximate surface area is 111 Å². The van der Waals surface area contributed by atoms with Gasteiger partial charge in [-0.25, -0.2) is 4.98 Å². The van der Waals surface area contributed by atoms with Gasteiger partial charge in [-0.1, -0.05) is 12.1 Å². The molecule has 0 unspecified atom stereocenters. The first kappa shape index (κ1) is 11.3. The fourth-order valence-corrected chi connectivity index (χ4v) is 2.49. The topological polar surface area (TPSA) is 41.6 Å². The van der Waals surface area contributed by atoms with E-state index in [1.54, 1.807) is 12.5 Å². The van der Waals surface area contributed by atoms with Crippen molar-refractivity contribution in [3.05, 3.63) is 53.7 Å². The molecule has 2 aromatic heterocycles. The molecule has 0 amide bonds. The summed E-state index contributed by atoms with van der Waals surface area (Å²) >= 11 is 4.53. The zero-order valence-corrected chi connectivity index (χ0v) is 10.9. The monoisotopic (exact) mass is 255 g/mol. The van der Waals surface area contributed by atoms with Gasteiger partial charge in [-0.15, -0.1) is 12.6 Å². The number of aryl methyl sites for hydroxylation is 1. The Bertz CT molecular complexity index is 698. The molecule has 4 heteroatoms. The minimum absolute atomic E-state index is 0.822. The molecule has 0 saturated carbocycles. The summed E-state index contributed by atoms with van der Waals surface area (Å²) in [5.74, 6) is 0. The van der Waals surface area contributed by atoms with E-state index in [2.05, 4.69) is 33.6 Å². The summed E-state index contributed by atoms with van der Waals surface area (Å²) < 4.78 is 0. The molecule has 0 saturated heterocycles. The number of benzene rings is 1. The summed E-state index contributed by atoms with van der Waals surface area (Å²) in [5, 5.41) is 1.12. The van der Waals surface area contributed by atoms with Gasteiger partial charge in [-0.3, -0.25) is 4.98 Å². The number of fused-ring (bicyclic) bond motifs is 1. The first-order valence-electron chi connectivity index (χ1n) is 5.80. The number of aromatic nitrogens is 3. The lowest BCUT2D eigenvalue weighted by atomic mass is 10.0. The minimum atomic E-state index is 0.822.